The fraction of sp³-hybridized carbons (Fsp3) is 0.844. The normalized spacial score (nSPS) is 18.1. The molecule has 1 aliphatic rings. The second-order valence-electron chi connectivity index (χ2n) is 26.0. The van der Waals surface area contributed by atoms with Crippen molar-refractivity contribution in [2.24, 2.45) is 0 Å². The lowest BCUT2D eigenvalue weighted by atomic mass is 9.99. The lowest BCUT2D eigenvalue weighted by molar-refractivity contribution is -0.302. The average molecular weight is 1240 g/mol. The summed E-state index contributed by atoms with van der Waals surface area (Å²) in [5, 5.41) is 54.5. The highest BCUT2D eigenvalue weighted by atomic mass is 16.7. The predicted octanol–water partition coefficient (Wildman–Crippen LogP) is 19.7. The van der Waals surface area contributed by atoms with Crippen molar-refractivity contribution in [1.82, 2.24) is 5.32 Å². The first-order chi connectivity index (χ1) is 43.2. The number of carbonyl (C=O) groups is 2. The Bertz CT molecular complexity index is 1650. The topological polar surface area (TPSA) is 175 Å². The highest BCUT2D eigenvalue weighted by molar-refractivity contribution is 5.76. The Kier molecular flexibility index (Phi) is 62.4. The van der Waals surface area contributed by atoms with Gasteiger partial charge >= 0.3 is 5.97 Å². The molecule has 0 aliphatic carbocycles. The summed E-state index contributed by atoms with van der Waals surface area (Å²) in [7, 11) is 0. The third-order valence-electron chi connectivity index (χ3n) is 17.6. The van der Waals surface area contributed by atoms with Gasteiger partial charge in [0, 0.05) is 12.8 Å². The standard InChI is InChI=1S/C77H141NO10/c1-3-5-7-9-11-13-15-40-43-47-51-55-59-63-70(80)69(68-87-77-76(85)75(84)74(83)71(67-79)88-77)78-72(81)64-60-56-52-48-44-41-38-36-34-32-30-28-26-24-22-20-18-17-19-21-23-25-27-29-31-33-35-37-39-42-46-50-54-58-62-66-86-73(82)65-61-57-53-49-45-16-14-12-10-8-6-4-2/h12,14,19,21,25,27,43,47,59,63,69-71,74-77,79-80,83-85H,3-11,13,15-18,20,22-24,26,28-42,44-46,48-58,60-62,64-68H2,1-2H3,(H,78,81)/b14-12-,21-19-,27-25-,47-43+,63-59+. The SMILES string of the molecule is CCCCC/C=C\CCCCCCCC(=O)OCCCCCCCCCCCCC/C=C\C/C=C\CCCCCCCCCCCCCCCCCCCC(=O)NC(COC1OC(CO)C(O)C(O)C1O)C(O)/C=C/CC/C=C/CCCCCCCCC. The van der Waals surface area contributed by atoms with Crippen LogP contribution in [0.25, 0.3) is 0 Å². The zero-order valence-corrected chi connectivity index (χ0v) is 57.2. The van der Waals surface area contributed by atoms with Crippen molar-refractivity contribution in [2.75, 3.05) is 19.8 Å². The summed E-state index contributed by atoms with van der Waals surface area (Å²) in [5.41, 5.74) is 0. The Morgan fingerprint density at radius 3 is 1.22 bits per heavy atom. The van der Waals surface area contributed by atoms with Crippen molar-refractivity contribution >= 4 is 11.9 Å². The van der Waals surface area contributed by atoms with Crippen molar-refractivity contribution in [3.05, 3.63) is 60.8 Å². The van der Waals surface area contributed by atoms with Gasteiger partial charge < -0.3 is 45.1 Å². The quantitative estimate of drug-likeness (QED) is 0.0195. The number of allylic oxidation sites excluding steroid dienone is 9. The molecule has 0 bridgehead atoms. The van der Waals surface area contributed by atoms with Crippen LogP contribution < -0.4 is 5.32 Å². The molecule has 0 radical (unpaired) electrons. The number of nitrogens with one attached hydrogen (secondary N) is 1. The minimum Gasteiger partial charge on any atom is -0.466 e. The molecule has 11 heteroatoms. The molecule has 0 aromatic carbocycles. The number of aliphatic hydroxyl groups is 5. The summed E-state index contributed by atoms with van der Waals surface area (Å²) in [5.74, 6) is -0.189. The van der Waals surface area contributed by atoms with Gasteiger partial charge in [-0.1, -0.05) is 299 Å². The van der Waals surface area contributed by atoms with Gasteiger partial charge in [0.1, 0.15) is 24.4 Å². The van der Waals surface area contributed by atoms with Gasteiger partial charge in [-0.15, -0.1) is 0 Å². The van der Waals surface area contributed by atoms with Gasteiger partial charge in [-0.25, -0.2) is 0 Å². The summed E-state index contributed by atoms with van der Waals surface area (Å²) in [6.07, 6.45) is 78.0. The van der Waals surface area contributed by atoms with Crippen LogP contribution in [0.15, 0.2) is 60.8 Å². The molecular formula is C77H141NO10. The van der Waals surface area contributed by atoms with Gasteiger partial charge in [0.15, 0.2) is 6.29 Å². The number of carbonyl (C=O) groups excluding carboxylic acids is 2. The number of unbranched alkanes of at least 4 members (excludes halogenated alkanes) is 44. The molecule has 1 heterocycles. The van der Waals surface area contributed by atoms with Crippen molar-refractivity contribution in [3.8, 4) is 0 Å². The number of esters is 1. The lowest BCUT2D eigenvalue weighted by Crippen LogP contribution is -2.60. The summed E-state index contributed by atoms with van der Waals surface area (Å²) in [6, 6.07) is -0.827. The van der Waals surface area contributed by atoms with Crippen LogP contribution in [0.2, 0.25) is 0 Å². The van der Waals surface area contributed by atoms with E-state index in [1.165, 1.54) is 263 Å². The lowest BCUT2D eigenvalue weighted by Gasteiger charge is -2.40. The minimum absolute atomic E-state index is 0.000339. The monoisotopic (exact) mass is 1240 g/mol. The van der Waals surface area contributed by atoms with E-state index >= 15 is 0 Å². The Labute approximate surface area is 541 Å². The van der Waals surface area contributed by atoms with E-state index in [1.54, 1.807) is 6.08 Å². The molecule has 6 N–H and O–H groups in total. The smallest absolute Gasteiger partial charge is 0.305 e. The van der Waals surface area contributed by atoms with Crippen molar-refractivity contribution in [1.29, 1.82) is 0 Å². The third-order valence-corrected chi connectivity index (χ3v) is 17.6. The van der Waals surface area contributed by atoms with E-state index in [0.29, 0.717) is 19.4 Å². The Morgan fingerprint density at radius 1 is 0.420 bits per heavy atom. The summed E-state index contributed by atoms with van der Waals surface area (Å²) in [6.45, 7) is 4.32. The molecule has 88 heavy (non-hydrogen) atoms. The number of aliphatic hydroxyl groups excluding tert-OH is 5. The Morgan fingerprint density at radius 2 is 0.773 bits per heavy atom. The van der Waals surface area contributed by atoms with Gasteiger partial charge in [0.25, 0.3) is 0 Å². The van der Waals surface area contributed by atoms with Gasteiger partial charge in [0.05, 0.1) is 32.0 Å². The molecule has 0 spiro atoms. The van der Waals surface area contributed by atoms with Gasteiger partial charge in [-0.2, -0.15) is 0 Å². The molecule has 514 valence electrons. The van der Waals surface area contributed by atoms with E-state index in [2.05, 4.69) is 67.8 Å². The first-order valence-electron chi connectivity index (χ1n) is 37.6. The highest BCUT2D eigenvalue weighted by Gasteiger charge is 2.44. The Balaban J connectivity index is 1.95. The van der Waals surface area contributed by atoms with Crippen molar-refractivity contribution < 1.29 is 49.3 Å². The van der Waals surface area contributed by atoms with Crippen LogP contribution in [0.1, 0.15) is 354 Å². The fourth-order valence-corrected chi connectivity index (χ4v) is 11.7. The van der Waals surface area contributed by atoms with Crippen LogP contribution in [-0.2, 0) is 23.8 Å². The zero-order valence-electron chi connectivity index (χ0n) is 57.2. The van der Waals surface area contributed by atoms with Crippen LogP contribution in [0, 0.1) is 0 Å². The first-order valence-corrected chi connectivity index (χ1v) is 37.6. The van der Waals surface area contributed by atoms with Gasteiger partial charge in [0.2, 0.25) is 5.91 Å². The zero-order chi connectivity index (χ0) is 63.7. The van der Waals surface area contributed by atoms with E-state index < -0.39 is 49.5 Å². The first kappa shape index (κ1) is 83.4. The summed E-state index contributed by atoms with van der Waals surface area (Å²) >= 11 is 0. The van der Waals surface area contributed by atoms with E-state index in [-0.39, 0.29) is 18.5 Å². The molecular weight excluding hydrogens is 1100 g/mol. The van der Waals surface area contributed by atoms with Gasteiger partial charge in [-0.05, 0) is 103 Å². The predicted molar refractivity (Wildman–Crippen MR) is 370 cm³/mol. The molecule has 0 aromatic heterocycles. The van der Waals surface area contributed by atoms with Crippen LogP contribution in [-0.4, -0.2) is 100 Å². The maximum atomic E-state index is 13.1. The molecule has 7 unspecified atom stereocenters. The fourth-order valence-electron chi connectivity index (χ4n) is 11.7. The number of hydrogen-bond donors (Lipinski definition) is 6. The van der Waals surface area contributed by atoms with Crippen LogP contribution >= 0.6 is 0 Å². The van der Waals surface area contributed by atoms with Crippen LogP contribution in [0.5, 0.6) is 0 Å². The molecule has 11 nitrogen and oxygen atoms in total. The molecule has 0 aromatic rings. The largest absolute Gasteiger partial charge is 0.466 e. The average Bonchev–Trinajstić information content (AvgIpc) is 3.69. The van der Waals surface area contributed by atoms with Crippen LogP contribution in [0.4, 0.5) is 0 Å². The Hall–Kier alpha value is -2.64. The van der Waals surface area contributed by atoms with Crippen molar-refractivity contribution in [3.63, 3.8) is 0 Å². The maximum Gasteiger partial charge on any atom is 0.305 e. The summed E-state index contributed by atoms with van der Waals surface area (Å²) in [4.78, 5) is 25.1. The molecule has 1 amide bonds. The van der Waals surface area contributed by atoms with E-state index in [0.717, 1.165) is 64.2 Å². The maximum absolute atomic E-state index is 13.1. The molecule has 1 rings (SSSR count). The van der Waals surface area contributed by atoms with Gasteiger partial charge in [-0.3, -0.25) is 9.59 Å². The van der Waals surface area contributed by atoms with E-state index in [4.69, 9.17) is 14.2 Å². The van der Waals surface area contributed by atoms with Crippen molar-refractivity contribution in [2.45, 2.75) is 397 Å². The summed E-state index contributed by atoms with van der Waals surface area (Å²) < 4.78 is 16.7. The second-order valence-corrected chi connectivity index (χ2v) is 26.0. The number of ether oxygens (including phenoxy) is 3. The molecule has 7 atom stereocenters. The molecule has 0 saturated carbocycles. The number of hydrogen-bond acceptors (Lipinski definition) is 10. The van der Waals surface area contributed by atoms with E-state index in [1.807, 2.05) is 6.08 Å². The number of amides is 1. The molecule has 1 saturated heterocycles. The third kappa shape index (κ3) is 54.0. The highest BCUT2D eigenvalue weighted by Crippen LogP contribution is 2.23. The second kappa shape index (κ2) is 65.8. The minimum atomic E-state index is -1.58. The van der Waals surface area contributed by atoms with E-state index in [9.17, 15) is 35.1 Å². The molecule has 1 fully saturated rings. The molecule has 1 aliphatic heterocycles. The van der Waals surface area contributed by atoms with Crippen LogP contribution in [0.3, 0.4) is 0 Å². The number of rotatable bonds is 66.